The summed E-state index contributed by atoms with van der Waals surface area (Å²) in [6.07, 6.45) is 0. The van der Waals surface area contributed by atoms with Crippen molar-refractivity contribution in [3.8, 4) is 11.8 Å². The fourth-order valence-corrected chi connectivity index (χ4v) is 1.69. The molecule has 1 heterocycles. The number of urea groups is 1. The number of carbonyl (C=O) groups excluding carboxylic acids is 1. The lowest BCUT2D eigenvalue weighted by Crippen LogP contribution is -2.35. The molecule has 1 aromatic rings. The fraction of sp³-hybridized carbons (Fsp3) is 0.417. The lowest BCUT2D eigenvalue weighted by molar-refractivity contribution is 0.242. The van der Waals surface area contributed by atoms with Gasteiger partial charge >= 0.3 is 6.03 Å². The van der Waals surface area contributed by atoms with E-state index in [9.17, 15) is 4.79 Å². The van der Waals surface area contributed by atoms with Crippen molar-refractivity contribution in [2.24, 2.45) is 0 Å². The van der Waals surface area contributed by atoms with E-state index in [1.165, 1.54) is 0 Å². The smallest absolute Gasteiger partial charge is 0.315 e. The minimum absolute atomic E-state index is 0.183. The minimum Gasteiger partial charge on any atom is -0.333 e. The van der Waals surface area contributed by atoms with E-state index in [1.54, 1.807) is 11.3 Å². The van der Waals surface area contributed by atoms with Gasteiger partial charge in [-0.15, -0.1) is 11.3 Å². The van der Waals surface area contributed by atoms with Crippen molar-refractivity contribution in [3.63, 3.8) is 0 Å². The lowest BCUT2D eigenvalue weighted by Gasteiger charge is -2.03. The predicted octanol–water partition coefficient (Wildman–Crippen LogP) is 1.11. The van der Waals surface area contributed by atoms with E-state index in [2.05, 4.69) is 22.5 Å². The minimum atomic E-state index is -0.183. The summed E-state index contributed by atoms with van der Waals surface area (Å²) in [5.74, 6) is 5.83. The molecule has 92 valence electrons. The van der Waals surface area contributed by atoms with Gasteiger partial charge in [0.1, 0.15) is 0 Å². The first kappa shape index (κ1) is 13.6. The van der Waals surface area contributed by atoms with Crippen molar-refractivity contribution in [1.29, 1.82) is 0 Å². The van der Waals surface area contributed by atoms with Gasteiger partial charge in [-0.2, -0.15) is 0 Å². The van der Waals surface area contributed by atoms with Crippen molar-refractivity contribution < 1.29 is 4.79 Å². The summed E-state index contributed by atoms with van der Waals surface area (Å²) < 4.78 is 0. The Labute approximate surface area is 106 Å². The van der Waals surface area contributed by atoms with Gasteiger partial charge in [-0.05, 0) is 25.5 Å². The predicted molar refractivity (Wildman–Crippen MR) is 70.9 cm³/mol. The van der Waals surface area contributed by atoms with Gasteiger partial charge in [0.15, 0.2) is 0 Å². The first-order valence-corrected chi connectivity index (χ1v) is 6.21. The van der Waals surface area contributed by atoms with Gasteiger partial charge in [0, 0.05) is 4.88 Å². The van der Waals surface area contributed by atoms with Crippen molar-refractivity contribution in [2.45, 2.75) is 6.54 Å². The van der Waals surface area contributed by atoms with Crippen LogP contribution in [0.2, 0.25) is 0 Å². The Morgan fingerprint density at radius 2 is 2.24 bits per heavy atom. The van der Waals surface area contributed by atoms with Crippen LogP contribution in [0.1, 0.15) is 4.88 Å². The Bertz CT molecular complexity index is 390. The van der Waals surface area contributed by atoms with Crippen LogP contribution < -0.4 is 10.6 Å². The molecule has 0 spiro atoms. The molecule has 0 saturated heterocycles. The molecule has 0 aliphatic heterocycles. The highest BCUT2D eigenvalue weighted by atomic mass is 32.1. The topological polar surface area (TPSA) is 44.4 Å². The summed E-state index contributed by atoms with van der Waals surface area (Å²) >= 11 is 1.62. The molecule has 0 atom stereocenters. The summed E-state index contributed by atoms with van der Waals surface area (Å²) in [5.41, 5.74) is 0. The second kappa shape index (κ2) is 7.71. The first-order chi connectivity index (χ1) is 8.18. The number of rotatable bonds is 4. The summed E-state index contributed by atoms with van der Waals surface area (Å²) in [5, 5.41) is 7.44. The van der Waals surface area contributed by atoms with Crippen LogP contribution in [0, 0.1) is 11.8 Å². The van der Waals surface area contributed by atoms with Gasteiger partial charge in [0.25, 0.3) is 0 Å². The number of carbonyl (C=O) groups is 1. The van der Waals surface area contributed by atoms with Gasteiger partial charge in [-0.1, -0.05) is 17.9 Å². The largest absolute Gasteiger partial charge is 0.333 e. The van der Waals surface area contributed by atoms with Crippen LogP contribution in [0.4, 0.5) is 4.79 Å². The maximum atomic E-state index is 11.3. The van der Waals surface area contributed by atoms with Crippen molar-refractivity contribution in [3.05, 3.63) is 22.4 Å². The van der Waals surface area contributed by atoms with Crippen LogP contribution in [-0.4, -0.2) is 38.1 Å². The Kier molecular flexibility index (Phi) is 6.15. The standard InChI is InChI=1S/C12H17N3OS/c1-15(2)8-4-3-7-13-12(16)14-10-11-6-5-9-17-11/h5-6,9H,7-8,10H2,1-2H3,(H2,13,14,16). The third-order valence-electron chi connectivity index (χ3n) is 1.86. The van der Waals surface area contributed by atoms with Gasteiger partial charge in [-0.3, -0.25) is 4.90 Å². The van der Waals surface area contributed by atoms with Crippen molar-refractivity contribution in [1.82, 2.24) is 15.5 Å². The van der Waals surface area contributed by atoms with Crippen LogP contribution in [0.15, 0.2) is 17.5 Å². The van der Waals surface area contributed by atoms with E-state index in [1.807, 2.05) is 36.5 Å². The van der Waals surface area contributed by atoms with Gasteiger partial charge in [-0.25, -0.2) is 4.79 Å². The molecule has 0 saturated carbocycles. The number of amides is 2. The molecule has 0 aliphatic carbocycles. The first-order valence-electron chi connectivity index (χ1n) is 5.33. The molecule has 17 heavy (non-hydrogen) atoms. The zero-order valence-corrected chi connectivity index (χ0v) is 10.9. The average Bonchev–Trinajstić information content (AvgIpc) is 2.78. The van der Waals surface area contributed by atoms with Gasteiger partial charge < -0.3 is 10.6 Å². The van der Waals surface area contributed by atoms with E-state index in [4.69, 9.17) is 0 Å². The monoisotopic (exact) mass is 251 g/mol. The molecule has 1 aromatic heterocycles. The van der Waals surface area contributed by atoms with Crippen LogP contribution in [-0.2, 0) is 6.54 Å². The van der Waals surface area contributed by atoms with Crippen LogP contribution >= 0.6 is 11.3 Å². The molecule has 0 bridgehead atoms. The molecule has 0 fully saturated rings. The fourth-order valence-electron chi connectivity index (χ4n) is 1.04. The van der Waals surface area contributed by atoms with Gasteiger partial charge in [0.2, 0.25) is 0 Å². The average molecular weight is 251 g/mol. The maximum absolute atomic E-state index is 11.3. The molecule has 5 heteroatoms. The van der Waals surface area contributed by atoms with Crippen LogP contribution in [0.5, 0.6) is 0 Å². The number of nitrogens with zero attached hydrogens (tertiary/aromatic N) is 1. The number of nitrogens with one attached hydrogen (secondary N) is 2. The summed E-state index contributed by atoms with van der Waals surface area (Å²) in [6, 6.07) is 3.77. The second-order valence-corrected chi connectivity index (χ2v) is 4.74. The Hall–Kier alpha value is -1.51. The maximum Gasteiger partial charge on any atom is 0.315 e. The second-order valence-electron chi connectivity index (χ2n) is 3.71. The van der Waals surface area contributed by atoms with Crippen LogP contribution in [0.3, 0.4) is 0 Å². The molecule has 1 rings (SSSR count). The van der Waals surface area contributed by atoms with Gasteiger partial charge in [0.05, 0.1) is 19.6 Å². The van der Waals surface area contributed by atoms with E-state index in [-0.39, 0.29) is 6.03 Å². The molecule has 0 aliphatic rings. The highest BCUT2D eigenvalue weighted by Gasteiger charge is 1.98. The Morgan fingerprint density at radius 3 is 2.88 bits per heavy atom. The zero-order valence-electron chi connectivity index (χ0n) is 10.1. The summed E-state index contributed by atoms with van der Waals surface area (Å²) in [4.78, 5) is 14.5. The molecule has 4 nitrogen and oxygen atoms in total. The number of hydrogen-bond acceptors (Lipinski definition) is 3. The Morgan fingerprint density at radius 1 is 1.41 bits per heavy atom. The van der Waals surface area contributed by atoms with E-state index in [0.29, 0.717) is 19.6 Å². The molecular weight excluding hydrogens is 234 g/mol. The third kappa shape index (κ3) is 6.61. The van der Waals surface area contributed by atoms with E-state index in [0.717, 1.165) is 4.88 Å². The summed E-state index contributed by atoms with van der Waals surface area (Å²) in [6.45, 7) is 1.65. The summed E-state index contributed by atoms with van der Waals surface area (Å²) in [7, 11) is 3.91. The lowest BCUT2D eigenvalue weighted by atomic mass is 10.5. The molecule has 2 amide bonds. The number of thiophene rings is 1. The van der Waals surface area contributed by atoms with E-state index < -0.39 is 0 Å². The normalized spacial score (nSPS) is 9.59. The third-order valence-corrected chi connectivity index (χ3v) is 2.74. The highest BCUT2D eigenvalue weighted by molar-refractivity contribution is 7.09. The number of hydrogen-bond donors (Lipinski definition) is 2. The highest BCUT2D eigenvalue weighted by Crippen LogP contribution is 2.06. The molecule has 0 radical (unpaired) electrons. The van der Waals surface area contributed by atoms with Crippen molar-refractivity contribution >= 4 is 17.4 Å². The Balaban J connectivity index is 2.10. The van der Waals surface area contributed by atoms with Crippen molar-refractivity contribution in [2.75, 3.05) is 27.2 Å². The van der Waals surface area contributed by atoms with E-state index >= 15 is 0 Å². The quantitative estimate of drug-likeness (QED) is 0.787. The molecular formula is C12H17N3OS. The zero-order chi connectivity index (χ0) is 12.5. The van der Waals surface area contributed by atoms with Crippen LogP contribution in [0.25, 0.3) is 0 Å². The molecule has 2 N–H and O–H groups in total. The SMILES string of the molecule is CN(C)CC#CCNC(=O)NCc1cccs1. The molecule has 0 unspecified atom stereocenters. The molecule has 0 aromatic carbocycles.